The van der Waals surface area contributed by atoms with Crippen molar-refractivity contribution in [3.63, 3.8) is 0 Å². The number of hydrogen-bond donors (Lipinski definition) is 0. The Balaban J connectivity index is 2.54. The molecule has 12 heavy (non-hydrogen) atoms. The maximum Gasteiger partial charge on any atom is 0.0985 e. The average molecular weight is 165 g/mol. The predicted octanol–water partition coefficient (Wildman–Crippen LogP) is 1.38. The summed E-state index contributed by atoms with van der Waals surface area (Å²) in [6.45, 7) is 5.78. The summed E-state index contributed by atoms with van der Waals surface area (Å²) in [7, 11) is 0. The molecule has 0 aliphatic heterocycles. The van der Waals surface area contributed by atoms with E-state index in [-0.39, 0.29) is 0 Å². The molecule has 1 rings (SSSR count). The molecular weight excluding hydrogens is 150 g/mol. The fourth-order valence-electron chi connectivity index (χ4n) is 1.31. The standard InChI is InChI=1S/C9H15N3/c1-4-10-7-8(11-5-2)9(7)12-6-3/h4-9H,1-3H3/b10-4-,11-5-,12-6-. The van der Waals surface area contributed by atoms with Crippen LogP contribution in [0, 0.1) is 0 Å². The normalized spacial score (nSPS) is 35.8. The molecule has 0 saturated heterocycles. The van der Waals surface area contributed by atoms with Gasteiger partial charge in [0.2, 0.25) is 0 Å². The highest BCUT2D eigenvalue weighted by molar-refractivity contribution is 5.59. The van der Waals surface area contributed by atoms with Crippen LogP contribution in [0.5, 0.6) is 0 Å². The van der Waals surface area contributed by atoms with E-state index >= 15 is 0 Å². The van der Waals surface area contributed by atoms with Gasteiger partial charge in [-0.25, -0.2) is 0 Å². The Bertz CT molecular complexity index is 174. The van der Waals surface area contributed by atoms with Gasteiger partial charge in [0.15, 0.2) is 0 Å². The summed E-state index contributed by atoms with van der Waals surface area (Å²) in [5, 5.41) is 0. The van der Waals surface area contributed by atoms with Crippen molar-refractivity contribution in [2.45, 2.75) is 38.9 Å². The summed E-state index contributed by atoms with van der Waals surface area (Å²) in [6, 6.07) is 0.882. The van der Waals surface area contributed by atoms with Crippen LogP contribution in [0.25, 0.3) is 0 Å². The van der Waals surface area contributed by atoms with E-state index in [1.54, 1.807) is 0 Å². The molecule has 66 valence electrons. The first-order chi connectivity index (χ1) is 5.85. The maximum absolute atomic E-state index is 4.28. The zero-order chi connectivity index (χ0) is 8.97. The summed E-state index contributed by atoms with van der Waals surface area (Å²) >= 11 is 0. The van der Waals surface area contributed by atoms with Gasteiger partial charge in [-0.1, -0.05) is 0 Å². The fraction of sp³-hybridized carbons (Fsp3) is 0.667. The van der Waals surface area contributed by atoms with Crippen LogP contribution in [-0.2, 0) is 0 Å². The minimum atomic E-state index is 0.294. The van der Waals surface area contributed by atoms with Crippen LogP contribution >= 0.6 is 0 Å². The zero-order valence-corrected chi connectivity index (χ0v) is 7.81. The first-order valence-corrected chi connectivity index (χ1v) is 4.28. The van der Waals surface area contributed by atoms with Crippen molar-refractivity contribution >= 4 is 18.6 Å². The summed E-state index contributed by atoms with van der Waals surface area (Å²) < 4.78 is 0. The van der Waals surface area contributed by atoms with Gasteiger partial charge in [-0.15, -0.1) is 0 Å². The Labute approximate surface area is 73.3 Å². The molecule has 1 fully saturated rings. The zero-order valence-electron chi connectivity index (χ0n) is 7.81. The molecule has 3 nitrogen and oxygen atoms in total. The quantitative estimate of drug-likeness (QED) is 0.567. The molecule has 0 aromatic carbocycles. The third-order valence-electron chi connectivity index (χ3n) is 1.87. The van der Waals surface area contributed by atoms with Crippen LogP contribution in [0.2, 0.25) is 0 Å². The third kappa shape index (κ3) is 1.78. The van der Waals surface area contributed by atoms with E-state index < -0.39 is 0 Å². The summed E-state index contributed by atoms with van der Waals surface area (Å²) in [5.41, 5.74) is 0. The van der Waals surface area contributed by atoms with Gasteiger partial charge in [0, 0.05) is 0 Å². The molecule has 0 N–H and O–H groups in total. The van der Waals surface area contributed by atoms with Crippen LogP contribution < -0.4 is 0 Å². The van der Waals surface area contributed by atoms with E-state index in [9.17, 15) is 0 Å². The van der Waals surface area contributed by atoms with Gasteiger partial charge in [-0.3, -0.25) is 15.0 Å². The number of rotatable bonds is 3. The van der Waals surface area contributed by atoms with Crippen LogP contribution in [0.4, 0.5) is 0 Å². The molecule has 0 aromatic heterocycles. The molecule has 0 bridgehead atoms. The lowest BCUT2D eigenvalue weighted by Gasteiger charge is -1.80. The Morgan fingerprint density at radius 3 is 1.08 bits per heavy atom. The summed E-state index contributed by atoms with van der Waals surface area (Å²) in [6.07, 6.45) is 5.48. The number of hydrogen-bond acceptors (Lipinski definition) is 3. The minimum absolute atomic E-state index is 0.294. The lowest BCUT2D eigenvalue weighted by Crippen LogP contribution is -1.85. The fourth-order valence-corrected chi connectivity index (χ4v) is 1.31. The maximum atomic E-state index is 4.28. The smallest absolute Gasteiger partial charge is 0.0985 e. The Morgan fingerprint density at radius 1 is 0.667 bits per heavy atom. The van der Waals surface area contributed by atoms with Gasteiger partial charge >= 0.3 is 0 Å². The summed E-state index contributed by atoms with van der Waals surface area (Å²) in [4.78, 5) is 12.9. The molecule has 0 spiro atoms. The molecular formula is C9H15N3. The van der Waals surface area contributed by atoms with Crippen molar-refractivity contribution < 1.29 is 0 Å². The van der Waals surface area contributed by atoms with Crippen molar-refractivity contribution in [1.29, 1.82) is 0 Å². The number of nitrogens with zero attached hydrogens (tertiary/aromatic N) is 3. The van der Waals surface area contributed by atoms with Gasteiger partial charge in [-0.2, -0.15) is 0 Å². The lowest BCUT2D eigenvalue weighted by atomic mass is 10.6. The van der Waals surface area contributed by atoms with E-state index in [2.05, 4.69) is 15.0 Å². The van der Waals surface area contributed by atoms with Crippen molar-refractivity contribution in [1.82, 2.24) is 0 Å². The van der Waals surface area contributed by atoms with Crippen molar-refractivity contribution in [2.75, 3.05) is 0 Å². The first kappa shape index (κ1) is 9.10. The largest absolute Gasteiger partial charge is 0.290 e. The van der Waals surface area contributed by atoms with Gasteiger partial charge in [0.25, 0.3) is 0 Å². The molecule has 0 radical (unpaired) electrons. The number of aliphatic imine (C=N–C) groups is 3. The second-order valence-corrected chi connectivity index (χ2v) is 2.69. The van der Waals surface area contributed by atoms with E-state index in [1.165, 1.54) is 0 Å². The van der Waals surface area contributed by atoms with Crippen LogP contribution in [0.3, 0.4) is 0 Å². The van der Waals surface area contributed by atoms with E-state index in [4.69, 9.17) is 0 Å². The highest BCUT2D eigenvalue weighted by Gasteiger charge is 2.49. The van der Waals surface area contributed by atoms with Gasteiger partial charge < -0.3 is 0 Å². The molecule has 1 aliphatic rings. The van der Waals surface area contributed by atoms with E-state index in [1.807, 2.05) is 39.4 Å². The van der Waals surface area contributed by atoms with Crippen LogP contribution in [-0.4, -0.2) is 36.8 Å². The molecule has 0 atom stereocenters. The Hall–Kier alpha value is -0.990. The molecule has 1 aliphatic carbocycles. The van der Waals surface area contributed by atoms with Crippen molar-refractivity contribution in [3.8, 4) is 0 Å². The molecule has 0 heterocycles. The second-order valence-electron chi connectivity index (χ2n) is 2.69. The SMILES string of the molecule is C/C=N\C1C(/N=C\C)C1/N=C\C. The van der Waals surface area contributed by atoms with Gasteiger partial charge in [0.1, 0.15) is 0 Å². The minimum Gasteiger partial charge on any atom is -0.290 e. The predicted molar refractivity (Wildman–Crippen MR) is 53.9 cm³/mol. The van der Waals surface area contributed by atoms with Crippen molar-refractivity contribution in [3.05, 3.63) is 0 Å². The third-order valence-corrected chi connectivity index (χ3v) is 1.87. The lowest BCUT2D eigenvalue weighted by molar-refractivity contribution is 0.969. The van der Waals surface area contributed by atoms with E-state index in [0.29, 0.717) is 18.1 Å². The van der Waals surface area contributed by atoms with Crippen molar-refractivity contribution in [2.24, 2.45) is 15.0 Å². The van der Waals surface area contributed by atoms with E-state index in [0.717, 1.165) is 0 Å². The topological polar surface area (TPSA) is 37.1 Å². The Morgan fingerprint density at radius 2 is 0.917 bits per heavy atom. The highest BCUT2D eigenvalue weighted by atomic mass is 15.1. The first-order valence-electron chi connectivity index (χ1n) is 4.28. The molecule has 0 unspecified atom stereocenters. The second kappa shape index (κ2) is 4.14. The molecule has 3 heteroatoms. The highest BCUT2D eigenvalue weighted by Crippen LogP contribution is 2.32. The molecule has 0 amide bonds. The van der Waals surface area contributed by atoms with Gasteiger partial charge in [-0.05, 0) is 39.4 Å². The monoisotopic (exact) mass is 165 g/mol. The van der Waals surface area contributed by atoms with Crippen LogP contribution in [0.1, 0.15) is 20.8 Å². The average Bonchev–Trinajstić information content (AvgIpc) is 2.67. The molecule has 1 saturated carbocycles. The Kier molecular flexibility index (Phi) is 3.14. The molecule has 0 aromatic rings. The van der Waals surface area contributed by atoms with Gasteiger partial charge in [0.05, 0.1) is 18.1 Å². The summed E-state index contributed by atoms with van der Waals surface area (Å²) in [5.74, 6) is 0. The van der Waals surface area contributed by atoms with Crippen LogP contribution in [0.15, 0.2) is 15.0 Å².